The quantitative estimate of drug-likeness (QED) is 0.314. The van der Waals surface area contributed by atoms with Gasteiger partial charge in [-0.3, -0.25) is 9.20 Å². The number of aromatic nitrogens is 3. The summed E-state index contributed by atoms with van der Waals surface area (Å²) in [4.78, 5) is 25.9. The first kappa shape index (κ1) is 27.8. The van der Waals surface area contributed by atoms with Crippen molar-refractivity contribution >= 4 is 34.7 Å². The summed E-state index contributed by atoms with van der Waals surface area (Å²) in [6.45, 7) is 1.75. The van der Waals surface area contributed by atoms with Crippen molar-refractivity contribution in [2.75, 3.05) is 46.2 Å². The fraction of sp³-hybridized carbons (Fsp3) is 0.345. The zero-order chi connectivity index (χ0) is 28.4. The largest absolute Gasteiger partial charge is 0.494 e. The highest BCUT2D eigenvalue weighted by atomic mass is 35.5. The molecule has 1 amide bonds. The van der Waals surface area contributed by atoms with E-state index in [4.69, 9.17) is 16.3 Å². The van der Waals surface area contributed by atoms with Crippen LogP contribution in [0.5, 0.6) is 5.75 Å². The third-order valence-corrected chi connectivity index (χ3v) is 7.66. The normalized spacial score (nSPS) is 15.0. The van der Waals surface area contributed by atoms with E-state index in [0.717, 1.165) is 6.54 Å². The molecule has 2 aromatic heterocycles. The molecule has 9 nitrogen and oxygen atoms in total. The number of halogens is 2. The van der Waals surface area contributed by atoms with Gasteiger partial charge >= 0.3 is 0 Å². The van der Waals surface area contributed by atoms with Crippen LogP contribution < -0.4 is 10.1 Å². The molecule has 3 heterocycles. The summed E-state index contributed by atoms with van der Waals surface area (Å²) in [7, 11) is 5.39. The van der Waals surface area contributed by atoms with Gasteiger partial charge in [-0.25, -0.2) is 14.4 Å². The van der Waals surface area contributed by atoms with Crippen molar-refractivity contribution in [3.63, 3.8) is 0 Å². The minimum absolute atomic E-state index is 0.156. The van der Waals surface area contributed by atoms with Crippen molar-refractivity contribution in [2.24, 2.45) is 0 Å². The number of fused-ring (bicyclic) bond motifs is 1. The van der Waals surface area contributed by atoms with Gasteiger partial charge in [-0.1, -0.05) is 11.6 Å². The third kappa shape index (κ3) is 5.74. The summed E-state index contributed by atoms with van der Waals surface area (Å²) in [5, 5.41) is 14.4. The summed E-state index contributed by atoms with van der Waals surface area (Å²) in [6, 6.07) is 9.88. The van der Waals surface area contributed by atoms with Gasteiger partial charge in [0.2, 0.25) is 0 Å². The Kier molecular flexibility index (Phi) is 7.93. The van der Waals surface area contributed by atoms with Crippen LogP contribution >= 0.6 is 11.6 Å². The first-order valence-electron chi connectivity index (χ1n) is 13.1. The van der Waals surface area contributed by atoms with Crippen molar-refractivity contribution in [2.45, 2.75) is 24.9 Å². The summed E-state index contributed by atoms with van der Waals surface area (Å²) in [6.07, 6.45) is 6.77. The van der Waals surface area contributed by atoms with Crippen LogP contribution in [0.3, 0.4) is 0 Å². The lowest BCUT2D eigenvalue weighted by Crippen LogP contribution is -2.47. The number of hydrogen-bond acceptors (Lipinski definition) is 7. The number of piperidine rings is 1. The maximum atomic E-state index is 14.3. The van der Waals surface area contributed by atoms with Gasteiger partial charge in [0.05, 0.1) is 35.2 Å². The van der Waals surface area contributed by atoms with Crippen LogP contribution in [0, 0.1) is 5.82 Å². The molecule has 0 atom stereocenters. The Hall–Kier alpha value is -3.73. The molecule has 4 aromatic rings. The molecular formula is C29H32ClFN6O3. The summed E-state index contributed by atoms with van der Waals surface area (Å²) < 4.78 is 21.1. The molecule has 0 unspecified atom stereocenters. The average molecular weight is 567 g/mol. The number of methoxy groups -OCH3 is 1. The van der Waals surface area contributed by atoms with Gasteiger partial charge in [-0.2, -0.15) is 0 Å². The Bertz CT molecular complexity index is 1530. The minimum atomic E-state index is -0.749. The van der Waals surface area contributed by atoms with Gasteiger partial charge in [0.15, 0.2) is 23.0 Å². The number of aliphatic hydroxyl groups is 1. The van der Waals surface area contributed by atoms with Gasteiger partial charge < -0.3 is 25.0 Å². The monoisotopic (exact) mass is 566 g/mol. The zero-order valence-corrected chi connectivity index (χ0v) is 23.5. The molecule has 1 saturated heterocycles. The number of carbonyl (C=O) groups is 1. The third-order valence-electron chi connectivity index (χ3n) is 7.34. The highest BCUT2D eigenvalue weighted by Crippen LogP contribution is 2.31. The van der Waals surface area contributed by atoms with Gasteiger partial charge in [-0.15, -0.1) is 0 Å². The molecule has 5 rings (SSSR count). The van der Waals surface area contributed by atoms with Crippen LogP contribution in [-0.4, -0.2) is 81.6 Å². The SMILES string of the molecule is COc1ccc(-c2cnc3c(Nc4ccc(C(=O)N5CCC(O)(CCN(C)C)CC5)c(Cl)c4)nccn23)cc1F. The van der Waals surface area contributed by atoms with Crippen molar-refractivity contribution < 1.29 is 19.0 Å². The second kappa shape index (κ2) is 11.4. The number of anilines is 2. The zero-order valence-electron chi connectivity index (χ0n) is 22.7. The first-order chi connectivity index (χ1) is 19.2. The molecule has 1 aliphatic heterocycles. The topological polar surface area (TPSA) is 95.2 Å². The van der Waals surface area contributed by atoms with Gasteiger partial charge in [0.25, 0.3) is 5.91 Å². The molecule has 0 saturated carbocycles. The lowest BCUT2D eigenvalue weighted by Gasteiger charge is -2.39. The summed E-state index contributed by atoms with van der Waals surface area (Å²) in [5.74, 6) is 0.0281. The van der Waals surface area contributed by atoms with Crippen LogP contribution in [0.15, 0.2) is 55.0 Å². The van der Waals surface area contributed by atoms with E-state index < -0.39 is 11.4 Å². The van der Waals surface area contributed by atoms with E-state index in [9.17, 15) is 14.3 Å². The van der Waals surface area contributed by atoms with E-state index in [0.29, 0.717) is 71.3 Å². The Morgan fingerprint density at radius 2 is 1.98 bits per heavy atom. The average Bonchev–Trinajstić information content (AvgIpc) is 3.37. The number of imidazole rings is 1. The van der Waals surface area contributed by atoms with Crippen molar-refractivity contribution in [3.8, 4) is 17.0 Å². The van der Waals surface area contributed by atoms with Crippen LogP contribution in [0.4, 0.5) is 15.9 Å². The molecule has 11 heteroatoms. The second-order valence-electron chi connectivity index (χ2n) is 10.4. The van der Waals surface area contributed by atoms with E-state index in [1.54, 1.807) is 53.8 Å². The number of amides is 1. The minimum Gasteiger partial charge on any atom is -0.494 e. The molecule has 0 radical (unpaired) electrons. The van der Waals surface area contributed by atoms with E-state index in [2.05, 4.69) is 15.3 Å². The predicted octanol–water partition coefficient (Wildman–Crippen LogP) is 4.86. The number of ether oxygens (including phenoxy) is 1. The highest BCUT2D eigenvalue weighted by molar-refractivity contribution is 6.34. The Morgan fingerprint density at radius 1 is 1.20 bits per heavy atom. The fourth-order valence-corrected chi connectivity index (χ4v) is 5.19. The lowest BCUT2D eigenvalue weighted by molar-refractivity contribution is -0.0265. The molecule has 2 N–H and O–H groups in total. The number of carbonyl (C=O) groups excluding carboxylic acids is 1. The first-order valence-corrected chi connectivity index (χ1v) is 13.4. The van der Waals surface area contributed by atoms with E-state index in [-0.39, 0.29) is 11.7 Å². The molecule has 0 spiro atoms. The van der Waals surface area contributed by atoms with Crippen LogP contribution in [0.1, 0.15) is 29.6 Å². The van der Waals surface area contributed by atoms with Crippen LogP contribution in [0.2, 0.25) is 5.02 Å². The molecule has 0 bridgehead atoms. The number of rotatable bonds is 8. The standard InChI is InChI=1S/C29H32ClFN6O3/c1-35(2)12-8-29(39)9-13-36(14-10-29)28(38)21-6-5-20(17-22(21)30)34-26-27-33-18-24(37(27)15-11-32-26)19-4-7-25(40-3)23(31)16-19/h4-7,11,15-18,39H,8-10,12-14H2,1-3H3,(H,32,34). The number of nitrogens with one attached hydrogen (secondary N) is 1. The number of nitrogens with zero attached hydrogens (tertiary/aromatic N) is 5. The number of hydrogen-bond donors (Lipinski definition) is 2. The molecule has 2 aromatic carbocycles. The van der Waals surface area contributed by atoms with Gasteiger partial charge in [-0.05, 0) is 69.8 Å². The van der Waals surface area contributed by atoms with Crippen molar-refractivity contribution in [1.82, 2.24) is 24.2 Å². The van der Waals surface area contributed by atoms with Crippen LogP contribution in [-0.2, 0) is 0 Å². The summed E-state index contributed by atoms with van der Waals surface area (Å²) in [5.41, 5.74) is 2.17. The Morgan fingerprint density at radius 3 is 2.65 bits per heavy atom. The van der Waals surface area contributed by atoms with Crippen LogP contribution in [0.25, 0.3) is 16.9 Å². The molecule has 1 fully saturated rings. The predicted molar refractivity (Wildman–Crippen MR) is 153 cm³/mol. The highest BCUT2D eigenvalue weighted by Gasteiger charge is 2.34. The van der Waals surface area contributed by atoms with Crippen molar-refractivity contribution in [3.05, 3.63) is 71.4 Å². The maximum absolute atomic E-state index is 14.3. The Balaban J connectivity index is 1.30. The lowest BCUT2D eigenvalue weighted by atomic mass is 9.88. The smallest absolute Gasteiger partial charge is 0.255 e. The van der Waals surface area contributed by atoms with Crippen molar-refractivity contribution in [1.29, 1.82) is 0 Å². The van der Waals surface area contributed by atoms with E-state index in [1.165, 1.54) is 13.2 Å². The molecule has 40 heavy (non-hydrogen) atoms. The van der Waals surface area contributed by atoms with Gasteiger partial charge in [0, 0.05) is 43.3 Å². The maximum Gasteiger partial charge on any atom is 0.255 e. The molecule has 0 aliphatic carbocycles. The number of likely N-dealkylation sites (tertiary alicyclic amines) is 1. The van der Waals surface area contributed by atoms with Gasteiger partial charge in [0.1, 0.15) is 0 Å². The van der Waals surface area contributed by atoms with E-state index in [1.807, 2.05) is 23.4 Å². The second-order valence-corrected chi connectivity index (χ2v) is 10.8. The van der Waals surface area contributed by atoms with E-state index >= 15 is 0 Å². The Labute approximate surface area is 237 Å². The molecule has 1 aliphatic rings. The number of benzene rings is 2. The molecular weight excluding hydrogens is 535 g/mol. The fourth-order valence-electron chi connectivity index (χ4n) is 4.93. The summed E-state index contributed by atoms with van der Waals surface area (Å²) >= 11 is 6.56. The molecule has 210 valence electrons.